The van der Waals surface area contributed by atoms with Crippen molar-refractivity contribution in [3.63, 3.8) is 0 Å². The topological polar surface area (TPSA) is 24.9 Å². The first-order valence-electron chi connectivity index (χ1n) is 5.95. The summed E-state index contributed by atoms with van der Waals surface area (Å²) in [6, 6.07) is 0.719. The maximum atomic E-state index is 4.30. The highest BCUT2D eigenvalue weighted by Crippen LogP contribution is 2.22. The summed E-state index contributed by atoms with van der Waals surface area (Å²) in [5.74, 6) is 0.927. The van der Waals surface area contributed by atoms with Crippen molar-refractivity contribution >= 4 is 11.3 Å². The Morgan fingerprint density at radius 3 is 3.13 bits per heavy atom. The zero-order valence-corrected chi connectivity index (χ0v) is 10.2. The molecule has 1 heterocycles. The number of hydrogen-bond acceptors (Lipinski definition) is 3. The zero-order valence-electron chi connectivity index (χ0n) is 9.41. The summed E-state index contributed by atoms with van der Waals surface area (Å²) >= 11 is 1.68. The molecule has 3 heteroatoms. The van der Waals surface area contributed by atoms with E-state index in [-0.39, 0.29) is 0 Å². The fourth-order valence-electron chi connectivity index (χ4n) is 2.26. The first kappa shape index (κ1) is 11.1. The molecule has 0 saturated heterocycles. The van der Waals surface area contributed by atoms with Crippen LogP contribution in [0, 0.1) is 5.92 Å². The maximum absolute atomic E-state index is 4.30. The van der Waals surface area contributed by atoms with Crippen molar-refractivity contribution in [3.8, 4) is 0 Å². The van der Waals surface area contributed by atoms with Gasteiger partial charge in [0.05, 0.1) is 11.2 Å². The standard InChI is InChI=1S/C12H20N2S/c1-10-3-2-4-11(6-5-10)13-7-12-8-15-9-14-12/h8-11,13H,2-7H2,1H3. The minimum absolute atomic E-state index is 0.719. The van der Waals surface area contributed by atoms with Crippen molar-refractivity contribution < 1.29 is 0 Å². The quantitative estimate of drug-likeness (QED) is 0.798. The van der Waals surface area contributed by atoms with E-state index in [0.29, 0.717) is 0 Å². The summed E-state index contributed by atoms with van der Waals surface area (Å²) < 4.78 is 0. The summed E-state index contributed by atoms with van der Waals surface area (Å²) in [5.41, 5.74) is 3.10. The van der Waals surface area contributed by atoms with E-state index in [1.807, 2.05) is 5.51 Å². The average molecular weight is 224 g/mol. The van der Waals surface area contributed by atoms with Crippen molar-refractivity contribution in [1.29, 1.82) is 0 Å². The molecule has 2 atom stereocenters. The second-order valence-corrected chi connectivity index (χ2v) is 5.39. The molecular weight excluding hydrogens is 204 g/mol. The molecule has 2 unspecified atom stereocenters. The molecule has 1 N–H and O–H groups in total. The average Bonchev–Trinajstić information content (AvgIpc) is 2.66. The van der Waals surface area contributed by atoms with Gasteiger partial charge in [-0.2, -0.15) is 0 Å². The Hall–Kier alpha value is -0.410. The smallest absolute Gasteiger partial charge is 0.0795 e. The molecule has 0 bridgehead atoms. The summed E-state index contributed by atoms with van der Waals surface area (Å²) in [7, 11) is 0. The Kier molecular flexibility index (Phi) is 4.15. The fourth-order valence-corrected chi connectivity index (χ4v) is 2.82. The van der Waals surface area contributed by atoms with Gasteiger partial charge >= 0.3 is 0 Å². The van der Waals surface area contributed by atoms with E-state index >= 15 is 0 Å². The van der Waals surface area contributed by atoms with Gasteiger partial charge in [-0.3, -0.25) is 0 Å². The van der Waals surface area contributed by atoms with Gasteiger partial charge in [-0.15, -0.1) is 11.3 Å². The molecule has 2 nitrogen and oxygen atoms in total. The molecule has 0 amide bonds. The Morgan fingerprint density at radius 2 is 2.33 bits per heavy atom. The van der Waals surface area contributed by atoms with Gasteiger partial charge < -0.3 is 5.32 Å². The lowest BCUT2D eigenvalue weighted by molar-refractivity contribution is 0.445. The third kappa shape index (κ3) is 3.58. The predicted molar refractivity (Wildman–Crippen MR) is 65.0 cm³/mol. The van der Waals surface area contributed by atoms with Gasteiger partial charge in [0.2, 0.25) is 0 Å². The Bertz CT molecular complexity index is 271. The number of hydrogen-bond donors (Lipinski definition) is 1. The fraction of sp³-hybridized carbons (Fsp3) is 0.750. The van der Waals surface area contributed by atoms with E-state index in [1.165, 1.54) is 37.8 Å². The van der Waals surface area contributed by atoms with E-state index in [2.05, 4.69) is 22.6 Å². The minimum Gasteiger partial charge on any atom is -0.308 e. The second kappa shape index (κ2) is 5.61. The third-order valence-electron chi connectivity index (χ3n) is 3.31. The monoisotopic (exact) mass is 224 g/mol. The van der Waals surface area contributed by atoms with Crippen LogP contribution in [0.5, 0.6) is 0 Å². The molecule has 0 radical (unpaired) electrons. The molecule has 15 heavy (non-hydrogen) atoms. The summed E-state index contributed by atoms with van der Waals surface area (Å²) in [6.07, 6.45) is 6.86. The van der Waals surface area contributed by atoms with Crippen molar-refractivity contribution in [2.24, 2.45) is 5.92 Å². The molecule has 1 aromatic rings. The van der Waals surface area contributed by atoms with Crippen LogP contribution in [0.25, 0.3) is 0 Å². The van der Waals surface area contributed by atoms with Gasteiger partial charge in [0, 0.05) is 18.0 Å². The van der Waals surface area contributed by atoms with Gasteiger partial charge in [0.15, 0.2) is 0 Å². The maximum Gasteiger partial charge on any atom is 0.0795 e. The Balaban J connectivity index is 1.74. The lowest BCUT2D eigenvalue weighted by atomic mass is 10.0. The van der Waals surface area contributed by atoms with E-state index in [1.54, 1.807) is 11.3 Å². The first-order valence-corrected chi connectivity index (χ1v) is 6.89. The van der Waals surface area contributed by atoms with Crippen molar-refractivity contribution in [1.82, 2.24) is 10.3 Å². The zero-order chi connectivity index (χ0) is 10.5. The highest BCUT2D eigenvalue weighted by atomic mass is 32.1. The van der Waals surface area contributed by atoms with Crippen LogP contribution in [0.3, 0.4) is 0 Å². The Labute approximate surface area is 96.1 Å². The lowest BCUT2D eigenvalue weighted by Crippen LogP contribution is -2.28. The molecule has 1 saturated carbocycles. The number of aromatic nitrogens is 1. The van der Waals surface area contributed by atoms with Crippen molar-refractivity contribution in [3.05, 3.63) is 16.6 Å². The molecule has 1 aliphatic rings. The van der Waals surface area contributed by atoms with E-state index in [9.17, 15) is 0 Å². The largest absolute Gasteiger partial charge is 0.308 e. The molecule has 1 aliphatic carbocycles. The van der Waals surface area contributed by atoms with Crippen LogP contribution in [0.2, 0.25) is 0 Å². The van der Waals surface area contributed by atoms with Crippen molar-refractivity contribution in [2.75, 3.05) is 0 Å². The molecule has 0 aliphatic heterocycles. The van der Waals surface area contributed by atoms with Crippen LogP contribution in [-0.4, -0.2) is 11.0 Å². The van der Waals surface area contributed by atoms with Crippen LogP contribution in [-0.2, 0) is 6.54 Å². The van der Waals surface area contributed by atoms with Crippen LogP contribution in [0.15, 0.2) is 10.9 Å². The normalized spacial score (nSPS) is 27.5. The van der Waals surface area contributed by atoms with Crippen LogP contribution in [0.1, 0.15) is 44.7 Å². The number of thiazole rings is 1. The van der Waals surface area contributed by atoms with E-state index in [0.717, 1.165) is 18.5 Å². The molecule has 1 fully saturated rings. The van der Waals surface area contributed by atoms with Crippen LogP contribution in [0.4, 0.5) is 0 Å². The third-order valence-corrected chi connectivity index (χ3v) is 3.95. The number of nitrogens with zero attached hydrogens (tertiary/aromatic N) is 1. The van der Waals surface area contributed by atoms with Gasteiger partial charge in [0.1, 0.15) is 0 Å². The molecule has 2 rings (SSSR count). The molecular formula is C12H20N2S. The highest BCUT2D eigenvalue weighted by Gasteiger charge is 2.15. The lowest BCUT2D eigenvalue weighted by Gasteiger charge is -2.15. The minimum atomic E-state index is 0.719. The highest BCUT2D eigenvalue weighted by molar-refractivity contribution is 7.07. The summed E-state index contributed by atoms with van der Waals surface area (Å²) in [4.78, 5) is 4.30. The summed E-state index contributed by atoms with van der Waals surface area (Å²) in [6.45, 7) is 3.32. The summed E-state index contributed by atoms with van der Waals surface area (Å²) in [5, 5.41) is 5.76. The molecule has 0 spiro atoms. The van der Waals surface area contributed by atoms with Crippen LogP contribution < -0.4 is 5.32 Å². The van der Waals surface area contributed by atoms with E-state index in [4.69, 9.17) is 0 Å². The number of rotatable bonds is 3. The predicted octanol–water partition coefficient (Wildman–Crippen LogP) is 3.20. The van der Waals surface area contributed by atoms with E-state index < -0.39 is 0 Å². The SMILES string of the molecule is CC1CCCC(NCc2cscn2)CC1. The van der Waals surface area contributed by atoms with Gasteiger partial charge in [0.25, 0.3) is 0 Å². The van der Waals surface area contributed by atoms with Gasteiger partial charge in [-0.1, -0.05) is 19.8 Å². The second-order valence-electron chi connectivity index (χ2n) is 4.67. The first-order chi connectivity index (χ1) is 7.34. The van der Waals surface area contributed by atoms with Crippen LogP contribution >= 0.6 is 11.3 Å². The number of nitrogens with one attached hydrogen (secondary N) is 1. The van der Waals surface area contributed by atoms with Gasteiger partial charge in [-0.25, -0.2) is 4.98 Å². The van der Waals surface area contributed by atoms with Gasteiger partial charge in [-0.05, 0) is 25.2 Å². The Morgan fingerprint density at radius 1 is 1.40 bits per heavy atom. The molecule has 84 valence electrons. The van der Waals surface area contributed by atoms with Crippen molar-refractivity contribution in [2.45, 2.75) is 51.6 Å². The molecule has 1 aromatic heterocycles. The molecule has 0 aromatic carbocycles.